The maximum absolute atomic E-state index is 10.9. The third-order valence-corrected chi connectivity index (χ3v) is 2.77. The van der Waals surface area contributed by atoms with Crippen LogP contribution in [-0.4, -0.2) is 48.5 Å². The van der Waals surface area contributed by atoms with Gasteiger partial charge in [0.1, 0.15) is 12.4 Å². The summed E-state index contributed by atoms with van der Waals surface area (Å²) in [5.74, 6) is 0.537. The zero-order valence-corrected chi connectivity index (χ0v) is 10.9. The molecule has 0 aliphatic rings. The number of aldehydes is 1. The molecule has 19 heavy (non-hydrogen) atoms. The summed E-state index contributed by atoms with van der Waals surface area (Å²) < 4.78 is 10.2. The highest BCUT2D eigenvalue weighted by atomic mass is 16.5. The molecule has 0 bridgehead atoms. The molecule has 0 radical (unpaired) electrons. The quantitative estimate of drug-likeness (QED) is 0.616. The molecule has 0 amide bonds. The van der Waals surface area contributed by atoms with Crippen molar-refractivity contribution in [3.63, 3.8) is 0 Å². The van der Waals surface area contributed by atoms with Gasteiger partial charge in [0.05, 0.1) is 20.3 Å². The van der Waals surface area contributed by atoms with Crippen molar-refractivity contribution in [3.8, 4) is 11.5 Å². The van der Waals surface area contributed by atoms with Gasteiger partial charge in [0.25, 0.3) is 0 Å². The Bertz CT molecular complexity index is 431. The number of methoxy groups -OCH3 is 2. The number of hydrogen-bond acceptors (Lipinski definition) is 6. The second kappa shape index (κ2) is 7.08. The Morgan fingerprint density at radius 2 is 1.95 bits per heavy atom. The second-order valence-corrected chi connectivity index (χ2v) is 3.99. The second-order valence-electron chi connectivity index (χ2n) is 3.99. The van der Waals surface area contributed by atoms with E-state index in [1.54, 1.807) is 0 Å². The van der Waals surface area contributed by atoms with E-state index in [-0.39, 0.29) is 30.1 Å². The molecular weight excluding hydrogens is 252 g/mol. The molecule has 0 heterocycles. The summed E-state index contributed by atoms with van der Waals surface area (Å²) in [5.41, 5.74) is 0.535. The SMILES string of the molecule is COc1cc(C=O)cc(C(O)C(O)CCO)c1OC. The number of hydrogen-bond donors (Lipinski definition) is 3. The highest BCUT2D eigenvalue weighted by Gasteiger charge is 2.24. The van der Waals surface area contributed by atoms with Crippen molar-refractivity contribution in [1.29, 1.82) is 0 Å². The van der Waals surface area contributed by atoms with Crippen LogP contribution in [0.3, 0.4) is 0 Å². The molecule has 3 N–H and O–H groups in total. The number of aliphatic hydroxyl groups excluding tert-OH is 3. The van der Waals surface area contributed by atoms with E-state index < -0.39 is 12.2 Å². The summed E-state index contributed by atoms with van der Waals surface area (Å²) in [6.07, 6.45) is -1.82. The summed E-state index contributed by atoms with van der Waals surface area (Å²) >= 11 is 0. The topological polar surface area (TPSA) is 96.2 Å². The van der Waals surface area contributed by atoms with E-state index in [2.05, 4.69) is 0 Å². The molecular formula is C13H18O6. The molecule has 1 aromatic rings. The van der Waals surface area contributed by atoms with Crippen LogP contribution in [0.5, 0.6) is 11.5 Å². The van der Waals surface area contributed by atoms with Crippen molar-refractivity contribution in [1.82, 2.24) is 0 Å². The fourth-order valence-electron chi connectivity index (χ4n) is 1.80. The third kappa shape index (κ3) is 3.44. The lowest BCUT2D eigenvalue weighted by molar-refractivity contribution is 0.00286. The molecule has 6 heteroatoms. The van der Waals surface area contributed by atoms with Crippen molar-refractivity contribution in [2.45, 2.75) is 18.6 Å². The van der Waals surface area contributed by atoms with Crippen LogP contribution in [-0.2, 0) is 0 Å². The first-order valence-corrected chi connectivity index (χ1v) is 5.77. The maximum atomic E-state index is 10.9. The van der Waals surface area contributed by atoms with E-state index >= 15 is 0 Å². The van der Waals surface area contributed by atoms with Gasteiger partial charge in [-0.3, -0.25) is 4.79 Å². The predicted octanol–water partition coefficient (Wildman–Crippen LogP) is 0.293. The van der Waals surface area contributed by atoms with Crippen molar-refractivity contribution < 1.29 is 29.6 Å². The largest absolute Gasteiger partial charge is 0.493 e. The van der Waals surface area contributed by atoms with E-state index in [0.29, 0.717) is 11.8 Å². The Morgan fingerprint density at radius 3 is 2.42 bits per heavy atom. The molecule has 0 saturated heterocycles. The van der Waals surface area contributed by atoms with Crippen LogP contribution in [0.25, 0.3) is 0 Å². The Labute approximate surface area is 111 Å². The van der Waals surface area contributed by atoms with Gasteiger partial charge < -0.3 is 24.8 Å². The van der Waals surface area contributed by atoms with Crippen LogP contribution < -0.4 is 9.47 Å². The Hall–Kier alpha value is -1.63. The van der Waals surface area contributed by atoms with Gasteiger partial charge >= 0.3 is 0 Å². The lowest BCUT2D eigenvalue weighted by Crippen LogP contribution is -2.20. The zero-order chi connectivity index (χ0) is 14.4. The smallest absolute Gasteiger partial charge is 0.166 e. The van der Waals surface area contributed by atoms with Crippen molar-refractivity contribution in [2.24, 2.45) is 0 Å². The maximum Gasteiger partial charge on any atom is 0.166 e. The normalized spacial score (nSPS) is 13.7. The molecule has 0 saturated carbocycles. The standard InChI is InChI=1S/C13H18O6/c1-18-11-6-8(7-15)5-9(13(11)19-2)12(17)10(16)3-4-14/h5-7,10,12,14,16-17H,3-4H2,1-2H3. The monoisotopic (exact) mass is 270 g/mol. The summed E-state index contributed by atoms with van der Waals surface area (Å²) in [6, 6.07) is 2.89. The number of benzene rings is 1. The van der Waals surface area contributed by atoms with Crippen LogP contribution in [0, 0.1) is 0 Å². The molecule has 0 aliphatic heterocycles. The highest BCUT2D eigenvalue weighted by Crippen LogP contribution is 2.37. The molecule has 0 spiro atoms. The summed E-state index contributed by atoms with van der Waals surface area (Å²) in [7, 11) is 2.81. The van der Waals surface area contributed by atoms with Crippen LogP contribution in [0.2, 0.25) is 0 Å². The zero-order valence-electron chi connectivity index (χ0n) is 10.9. The van der Waals surface area contributed by atoms with Crippen LogP contribution in [0.1, 0.15) is 28.4 Å². The average Bonchev–Trinajstić information content (AvgIpc) is 2.44. The van der Waals surface area contributed by atoms with E-state index in [0.717, 1.165) is 0 Å². The van der Waals surface area contributed by atoms with Gasteiger partial charge in [-0.25, -0.2) is 0 Å². The molecule has 1 rings (SSSR count). The molecule has 0 aromatic heterocycles. The summed E-state index contributed by atoms with van der Waals surface area (Å²) in [6.45, 7) is -0.259. The van der Waals surface area contributed by atoms with Crippen LogP contribution in [0.4, 0.5) is 0 Å². The first kappa shape index (κ1) is 15.4. The molecule has 2 unspecified atom stereocenters. The van der Waals surface area contributed by atoms with E-state index in [1.807, 2.05) is 0 Å². The number of ether oxygens (including phenoxy) is 2. The lowest BCUT2D eigenvalue weighted by atomic mass is 9.99. The van der Waals surface area contributed by atoms with Crippen LogP contribution >= 0.6 is 0 Å². The first-order valence-electron chi connectivity index (χ1n) is 5.77. The minimum atomic E-state index is -1.28. The summed E-state index contributed by atoms with van der Waals surface area (Å²) in [4.78, 5) is 10.9. The van der Waals surface area contributed by atoms with Gasteiger partial charge in [0.15, 0.2) is 11.5 Å². The van der Waals surface area contributed by atoms with Gasteiger partial charge in [-0.05, 0) is 18.6 Å². The Morgan fingerprint density at radius 1 is 1.26 bits per heavy atom. The minimum Gasteiger partial charge on any atom is -0.493 e. The van der Waals surface area contributed by atoms with Crippen molar-refractivity contribution in [2.75, 3.05) is 20.8 Å². The number of carbonyl (C=O) groups is 1. The predicted molar refractivity (Wildman–Crippen MR) is 67.6 cm³/mol. The van der Waals surface area contributed by atoms with Gasteiger partial charge in [-0.15, -0.1) is 0 Å². The van der Waals surface area contributed by atoms with E-state index in [4.69, 9.17) is 14.6 Å². The number of rotatable bonds is 7. The Balaban J connectivity index is 3.26. The van der Waals surface area contributed by atoms with Crippen molar-refractivity contribution in [3.05, 3.63) is 23.3 Å². The fourth-order valence-corrected chi connectivity index (χ4v) is 1.80. The molecule has 0 fully saturated rings. The van der Waals surface area contributed by atoms with Crippen molar-refractivity contribution >= 4 is 6.29 Å². The molecule has 2 atom stereocenters. The molecule has 106 valence electrons. The van der Waals surface area contributed by atoms with Crippen LogP contribution in [0.15, 0.2) is 12.1 Å². The fraction of sp³-hybridized carbons (Fsp3) is 0.462. The van der Waals surface area contributed by atoms with E-state index in [9.17, 15) is 15.0 Å². The van der Waals surface area contributed by atoms with Gasteiger partial charge in [0, 0.05) is 17.7 Å². The Kier molecular flexibility index (Phi) is 5.75. The highest BCUT2D eigenvalue weighted by molar-refractivity contribution is 5.77. The lowest BCUT2D eigenvalue weighted by Gasteiger charge is -2.21. The molecule has 0 aliphatic carbocycles. The van der Waals surface area contributed by atoms with Gasteiger partial charge in [-0.2, -0.15) is 0 Å². The number of carbonyl (C=O) groups excluding carboxylic acids is 1. The average molecular weight is 270 g/mol. The van der Waals surface area contributed by atoms with Gasteiger partial charge in [0.2, 0.25) is 0 Å². The van der Waals surface area contributed by atoms with E-state index in [1.165, 1.54) is 26.4 Å². The minimum absolute atomic E-state index is 0.0119. The van der Waals surface area contributed by atoms with Gasteiger partial charge in [-0.1, -0.05) is 0 Å². The first-order chi connectivity index (χ1) is 9.08. The molecule has 1 aromatic carbocycles. The third-order valence-electron chi connectivity index (χ3n) is 2.77. The molecule has 6 nitrogen and oxygen atoms in total. The number of aliphatic hydroxyl groups is 3. The summed E-state index contributed by atoms with van der Waals surface area (Å²) in [5, 5.41) is 28.6.